The molecule has 2 fully saturated rings. The van der Waals surface area contributed by atoms with E-state index in [0.717, 1.165) is 66.6 Å². The number of amides is 1. The summed E-state index contributed by atoms with van der Waals surface area (Å²) >= 11 is 0. The molecule has 0 radical (unpaired) electrons. The maximum absolute atomic E-state index is 11.9. The summed E-state index contributed by atoms with van der Waals surface area (Å²) in [7, 11) is 0. The normalized spacial score (nSPS) is 18.8. The third-order valence-electron chi connectivity index (χ3n) is 6.08. The van der Waals surface area contributed by atoms with E-state index >= 15 is 0 Å². The van der Waals surface area contributed by atoms with Crippen molar-refractivity contribution in [2.75, 3.05) is 41.3 Å². The molecule has 1 aromatic carbocycles. The Morgan fingerprint density at radius 3 is 2.56 bits per heavy atom. The summed E-state index contributed by atoms with van der Waals surface area (Å²) < 4.78 is 0. The summed E-state index contributed by atoms with van der Waals surface area (Å²) in [6.07, 6.45) is 7.19. The zero-order chi connectivity index (χ0) is 21.9. The molecule has 1 unspecified atom stereocenters. The predicted molar refractivity (Wildman–Crippen MR) is 128 cm³/mol. The van der Waals surface area contributed by atoms with Crippen LogP contribution >= 0.6 is 0 Å². The van der Waals surface area contributed by atoms with Crippen LogP contribution < -0.4 is 20.4 Å². The molecule has 7 heteroatoms. The van der Waals surface area contributed by atoms with Crippen molar-refractivity contribution in [2.45, 2.75) is 25.8 Å². The molecule has 164 valence electrons. The molecule has 2 aromatic heterocycles. The van der Waals surface area contributed by atoms with Crippen molar-refractivity contribution in [3.05, 3.63) is 61.1 Å². The Kier molecular flexibility index (Phi) is 5.73. The molecule has 0 aliphatic carbocycles. The summed E-state index contributed by atoms with van der Waals surface area (Å²) in [6.45, 7) is 5.95. The molecule has 2 aliphatic heterocycles. The average molecular weight is 429 g/mol. The Morgan fingerprint density at radius 2 is 1.84 bits per heavy atom. The third-order valence-corrected chi connectivity index (χ3v) is 6.08. The lowest BCUT2D eigenvalue weighted by atomic mass is 10.1. The van der Waals surface area contributed by atoms with Crippen LogP contribution in [0.1, 0.15) is 19.8 Å². The van der Waals surface area contributed by atoms with Crippen LogP contribution in [0.3, 0.4) is 0 Å². The second-order valence-corrected chi connectivity index (χ2v) is 8.49. The molecule has 2 aliphatic rings. The van der Waals surface area contributed by atoms with Gasteiger partial charge in [0, 0.05) is 56.1 Å². The van der Waals surface area contributed by atoms with Gasteiger partial charge in [-0.1, -0.05) is 12.1 Å². The highest BCUT2D eigenvalue weighted by atomic mass is 16.2. The number of carbonyl (C=O) groups excluding carboxylic acids is 1. The van der Waals surface area contributed by atoms with Gasteiger partial charge in [-0.25, -0.2) is 4.98 Å². The molecule has 0 spiro atoms. The van der Waals surface area contributed by atoms with Gasteiger partial charge in [-0.2, -0.15) is 0 Å². The van der Waals surface area contributed by atoms with Gasteiger partial charge in [0.05, 0.1) is 23.8 Å². The van der Waals surface area contributed by atoms with Crippen LogP contribution in [0.2, 0.25) is 0 Å². The Hall–Kier alpha value is -3.45. The summed E-state index contributed by atoms with van der Waals surface area (Å²) in [4.78, 5) is 25.2. The number of carbonyl (C=O) groups is 1. The van der Waals surface area contributed by atoms with Crippen LogP contribution in [0.25, 0.3) is 11.1 Å². The molecule has 0 bridgehead atoms. The Morgan fingerprint density at radius 1 is 1.00 bits per heavy atom. The maximum Gasteiger partial charge on any atom is 0.227 e. The molecule has 32 heavy (non-hydrogen) atoms. The van der Waals surface area contributed by atoms with Gasteiger partial charge < -0.3 is 20.4 Å². The number of hydrogen-bond acceptors (Lipinski definition) is 6. The van der Waals surface area contributed by atoms with E-state index < -0.39 is 0 Å². The van der Waals surface area contributed by atoms with E-state index in [9.17, 15) is 4.79 Å². The van der Waals surface area contributed by atoms with Crippen LogP contribution in [0, 0.1) is 0 Å². The molecule has 5 rings (SSSR count). The molecule has 2 saturated heterocycles. The minimum absolute atomic E-state index is 0.208. The molecule has 0 saturated carbocycles. The first-order valence-electron chi connectivity index (χ1n) is 11.2. The maximum atomic E-state index is 11.9. The van der Waals surface area contributed by atoms with Crippen molar-refractivity contribution in [2.24, 2.45) is 0 Å². The zero-order valence-corrected chi connectivity index (χ0v) is 18.3. The first-order valence-corrected chi connectivity index (χ1v) is 11.2. The van der Waals surface area contributed by atoms with Crippen molar-refractivity contribution >= 4 is 28.8 Å². The fourth-order valence-electron chi connectivity index (χ4n) is 4.38. The van der Waals surface area contributed by atoms with Crippen LogP contribution in [0.4, 0.5) is 22.9 Å². The smallest absolute Gasteiger partial charge is 0.227 e. The number of nitrogens with one attached hydrogen (secondary N) is 2. The highest BCUT2D eigenvalue weighted by Crippen LogP contribution is 2.27. The van der Waals surface area contributed by atoms with Crippen molar-refractivity contribution < 1.29 is 4.79 Å². The number of benzene rings is 1. The number of nitrogens with zero attached hydrogens (tertiary/aromatic N) is 4. The predicted octanol–water partition coefficient (Wildman–Crippen LogP) is 3.81. The van der Waals surface area contributed by atoms with Crippen molar-refractivity contribution in [3.8, 4) is 11.1 Å². The fraction of sp³-hybridized carbons (Fsp3) is 0.320. The van der Waals surface area contributed by atoms with Gasteiger partial charge in [0.1, 0.15) is 5.82 Å². The highest BCUT2D eigenvalue weighted by Gasteiger charge is 2.21. The molecule has 2 N–H and O–H groups in total. The molecule has 1 atom stereocenters. The zero-order valence-electron chi connectivity index (χ0n) is 18.3. The second-order valence-electron chi connectivity index (χ2n) is 8.49. The molecule has 7 nitrogen and oxygen atoms in total. The van der Waals surface area contributed by atoms with E-state index in [1.54, 1.807) is 0 Å². The molecule has 4 heterocycles. The van der Waals surface area contributed by atoms with Gasteiger partial charge in [0.25, 0.3) is 0 Å². The van der Waals surface area contributed by atoms with Crippen molar-refractivity contribution in [1.82, 2.24) is 15.3 Å². The number of hydrogen-bond donors (Lipinski definition) is 2. The number of pyridine rings is 2. The van der Waals surface area contributed by atoms with Crippen LogP contribution in [0.15, 0.2) is 61.1 Å². The van der Waals surface area contributed by atoms with Crippen LogP contribution in [-0.4, -0.2) is 48.1 Å². The Labute approximate surface area is 188 Å². The highest BCUT2D eigenvalue weighted by molar-refractivity contribution is 5.95. The summed E-state index contributed by atoms with van der Waals surface area (Å²) in [5, 5.41) is 6.83. The van der Waals surface area contributed by atoms with E-state index in [-0.39, 0.29) is 5.91 Å². The summed E-state index contributed by atoms with van der Waals surface area (Å²) in [6, 6.07) is 14.8. The monoisotopic (exact) mass is 428 g/mol. The van der Waals surface area contributed by atoms with Gasteiger partial charge >= 0.3 is 0 Å². The number of anilines is 4. The Bertz CT molecular complexity index is 1080. The standard InChI is InChI=1S/C25H28N6O/c1-18-17-30(12-10-27-18)23-13-21(15-26-16-23)29-24-9-6-20(14-28-24)19-4-7-22(8-5-19)31-11-2-3-25(31)32/h4-9,13-16,18,27H,2-3,10-12,17H2,1H3,(H,28,29). The minimum Gasteiger partial charge on any atom is -0.367 e. The largest absolute Gasteiger partial charge is 0.367 e. The molecule has 1 amide bonds. The van der Waals surface area contributed by atoms with Gasteiger partial charge in [-0.3, -0.25) is 9.78 Å². The van der Waals surface area contributed by atoms with Gasteiger partial charge in [0.15, 0.2) is 0 Å². The lowest BCUT2D eigenvalue weighted by Crippen LogP contribution is -2.49. The second kappa shape index (κ2) is 8.96. The van der Waals surface area contributed by atoms with Crippen molar-refractivity contribution in [3.63, 3.8) is 0 Å². The lowest BCUT2D eigenvalue weighted by Gasteiger charge is -2.33. The van der Waals surface area contributed by atoms with Gasteiger partial charge in [-0.05, 0) is 49.2 Å². The molecule has 3 aromatic rings. The number of rotatable bonds is 5. The van der Waals surface area contributed by atoms with Gasteiger partial charge in [0.2, 0.25) is 5.91 Å². The van der Waals surface area contributed by atoms with E-state index in [4.69, 9.17) is 0 Å². The lowest BCUT2D eigenvalue weighted by molar-refractivity contribution is -0.117. The topological polar surface area (TPSA) is 73.4 Å². The van der Waals surface area contributed by atoms with Crippen LogP contribution in [0.5, 0.6) is 0 Å². The third kappa shape index (κ3) is 4.43. The quantitative estimate of drug-likeness (QED) is 0.644. The first-order chi connectivity index (χ1) is 15.7. The number of piperazine rings is 1. The van der Waals surface area contributed by atoms with E-state index in [1.807, 2.05) is 53.8 Å². The average Bonchev–Trinajstić information content (AvgIpc) is 3.26. The van der Waals surface area contributed by atoms with E-state index in [0.29, 0.717) is 12.5 Å². The van der Waals surface area contributed by atoms with E-state index in [1.165, 1.54) is 0 Å². The summed E-state index contributed by atoms with van der Waals surface area (Å²) in [5.41, 5.74) is 5.13. The van der Waals surface area contributed by atoms with Crippen LogP contribution in [-0.2, 0) is 4.79 Å². The summed E-state index contributed by atoms with van der Waals surface area (Å²) in [5.74, 6) is 0.987. The number of aromatic nitrogens is 2. The van der Waals surface area contributed by atoms with Crippen molar-refractivity contribution in [1.29, 1.82) is 0 Å². The van der Waals surface area contributed by atoms with Gasteiger partial charge in [-0.15, -0.1) is 0 Å². The minimum atomic E-state index is 0.208. The molecular weight excluding hydrogens is 400 g/mol. The molecular formula is C25H28N6O. The first kappa shape index (κ1) is 20.5. The Balaban J connectivity index is 1.26. The SMILES string of the molecule is CC1CN(c2cncc(Nc3ccc(-c4ccc(N5CCCC5=O)cc4)cn3)c2)CCN1. The van der Waals surface area contributed by atoms with E-state index in [2.05, 4.69) is 44.6 Å². The fourth-order valence-corrected chi connectivity index (χ4v) is 4.38.